The van der Waals surface area contributed by atoms with Crippen molar-refractivity contribution in [2.24, 2.45) is 0 Å². The van der Waals surface area contributed by atoms with Gasteiger partial charge in [-0.1, -0.05) is 0 Å². The summed E-state index contributed by atoms with van der Waals surface area (Å²) in [6, 6.07) is 17.2. The molecule has 2 aliphatic heterocycles. The van der Waals surface area contributed by atoms with E-state index < -0.39 is 6.03 Å². The van der Waals surface area contributed by atoms with E-state index in [1.54, 1.807) is 55.7 Å². The topological polar surface area (TPSA) is 105 Å². The summed E-state index contributed by atoms with van der Waals surface area (Å²) in [7, 11) is 3.67. The van der Waals surface area contributed by atoms with Gasteiger partial charge in [0, 0.05) is 72.3 Å². The van der Waals surface area contributed by atoms with Gasteiger partial charge in [-0.3, -0.25) is 9.59 Å². The summed E-state index contributed by atoms with van der Waals surface area (Å²) in [5.74, 6) is 1.09. The van der Waals surface area contributed by atoms with Gasteiger partial charge in [-0.2, -0.15) is 0 Å². The van der Waals surface area contributed by atoms with E-state index in [0.29, 0.717) is 41.3 Å². The smallest absolute Gasteiger partial charge is 0.323 e. The number of benzene rings is 3. The van der Waals surface area contributed by atoms with Crippen molar-refractivity contribution in [1.29, 1.82) is 0 Å². The molecule has 0 atom stereocenters. The molecule has 10 heteroatoms. The summed E-state index contributed by atoms with van der Waals surface area (Å²) in [6.07, 6.45) is 3.73. The zero-order chi connectivity index (χ0) is 30.1. The number of likely N-dealkylation sites (N-methyl/N-ethyl adjacent to an activating group) is 1. The third-order valence-corrected chi connectivity index (χ3v) is 7.85. The van der Waals surface area contributed by atoms with Crippen molar-refractivity contribution in [3.63, 3.8) is 0 Å². The van der Waals surface area contributed by atoms with E-state index in [9.17, 15) is 14.4 Å². The number of nitrogens with zero attached hydrogens (tertiary/aromatic N) is 3. The van der Waals surface area contributed by atoms with E-state index in [4.69, 9.17) is 9.47 Å². The second-order valence-electron chi connectivity index (χ2n) is 10.7. The predicted molar refractivity (Wildman–Crippen MR) is 166 cm³/mol. The fraction of sp³-hybridized carbons (Fsp3) is 0.242. The quantitative estimate of drug-likeness (QED) is 0.300. The van der Waals surface area contributed by atoms with E-state index in [2.05, 4.69) is 27.0 Å². The zero-order valence-corrected chi connectivity index (χ0v) is 24.3. The Bertz CT molecular complexity index is 1750. The third-order valence-electron chi connectivity index (χ3n) is 7.85. The van der Waals surface area contributed by atoms with Crippen molar-refractivity contribution in [3.05, 3.63) is 89.3 Å². The highest BCUT2D eigenvalue weighted by atomic mass is 16.5. The maximum atomic E-state index is 13.3. The number of fused-ring (bicyclic) bond motifs is 2. The number of hydrogen-bond donors (Lipinski definition) is 2. The molecule has 0 spiro atoms. The second kappa shape index (κ2) is 11.7. The number of aryl methyl sites for hydroxylation is 1. The highest BCUT2D eigenvalue weighted by molar-refractivity contribution is 6.16. The van der Waals surface area contributed by atoms with Gasteiger partial charge < -0.3 is 34.5 Å². The molecule has 43 heavy (non-hydrogen) atoms. The molecule has 220 valence electrons. The lowest BCUT2D eigenvalue weighted by Crippen LogP contribution is -2.47. The molecule has 0 bridgehead atoms. The van der Waals surface area contributed by atoms with Gasteiger partial charge >= 0.3 is 6.03 Å². The van der Waals surface area contributed by atoms with Crippen LogP contribution in [0.2, 0.25) is 0 Å². The number of amides is 3. The first-order chi connectivity index (χ1) is 20.8. The van der Waals surface area contributed by atoms with Gasteiger partial charge in [-0.15, -0.1) is 0 Å². The molecular weight excluding hydrogens is 546 g/mol. The Hall–Kier alpha value is -5.09. The first-order valence-corrected chi connectivity index (χ1v) is 14.2. The van der Waals surface area contributed by atoms with E-state index >= 15 is 0 Å². The summed E-state index contributed by atoms with van der Waals surface area (Å²) >= 11 is 0. The molecule has 3 heterocycles. The SMILES string of the molecule is CCn1cc(/C=C2\Oc3ccc(NC(=O)Nc4ccc(C(=O)N5CCN(C)CC5)cc4)cc3C2=O)c2cc(OC)ccc21. The molecule has 4 aromatic rings. The molecule has 6 rings (SSSR count). The summed E-state index contributed by atoms with van der Waals surface area (Å²) in [6.45, 7) is 5.93. The zero-order valence-electron chi connectivity index (χ0n) is 24.3. The van der Waals surface area contributed by atoms with Gasteiger partial charge in [0.15, 0.2) is 5.76 Å². The molecule has 0 radical (unpaired) electrons. The number of ketones is 1. The van der Waals surface area contributed by atoms with Crippen molar-refractivity contribution < 1.29 is 23.9 Å². The maximum Gasteiger partial charge on any atom is 0.323 e. The number of allylic oxidation sites excluding steroid dienone is 1. The summed E-state index contributed by atoms with van der Waals surface area (Å²) in [5.41, 5.74) is 3.82. The van der Waals surface area contributed by atoms with Crippen LogP contribution in [0.4, 0.5) is 16.2 Å². The molecule has 2 aliphatic rings. The van der Waals surface area contributed by atoms with Gasteiger partial charge in [0.2, 0.25) is 5.78 Å². The molecule has 0 saturated carbocycles. The average Bonchev–Trinajstić information content (AvgIpc) is 3.53. The Morgan fingerprint density at radius 2 is 1.67 bits per heavy atom. The number of carbonyl (C=O) groups is 3. The Balaban J connectivity index is 1.12. The fourth-order valence-electron chi connectivity index (χ4n) is 5.40. The van der Waals surface area contributed by atoms with Crippen LogP contribution in [0.5, 0.6) is 11.5 Å². The van der Waals surface area contributed by atoms with Crippen LogP contribution in [0.15, 0.2) is 72.6 Å². The normalized spacial score (nSPS) is 15.8. The van der Waals surface area contributed by atoms with Gasteiger partial charge in [-0.05, 0) is 80.7 Å². The van der Waals surface area contributed by atoms with Crippen molar-refractivity contribution >= 4 is 46.1 Å². The number of Topliss-reactive ketones (excluding diaryl/α,β-unsaturated/α-hetero) is 1. The number of ether oxygens (including phenoxy) is 2. The Morgan fingerprint density at radius 1 is 0.953 bits per heavy atom. The predicted octanol–water partition coefficient (Wildman–Crippen LogP) is 5.32. The van der Waals surface area contributed by atoms with Crippen LogP contribution in [0.1, 0.15) is 33.2 Å². The highest BCUT2D eigenvalue weighted by Gasteiger charge is 2.28. The first-order valence-electron chi connectivity index (χ1n) is 14.2. The number of urea groups is 1. The molecule has 3 aromatic carbocycles. The number of hydrogen-bond acceptors (Lipinski definition) is 6. The van der Waals surface area contributed by atoms with Crippen LogP contribution < -0.4 is 20.1 Å². The fourth-order valence-corrected chi connectivity index (χ4v) is 5.40. The minimum Gasteiger partial charge on any atom is -0.497 e. The Kier molecular flexibility index (Phi) is 7.60. The minimum absolute atomic E-state index is 0.0154. The lowest BCUT2D eigenvalue weighted by atomic mass is 10.1. The summed E-state index contributed by atoms with van der Waals surface area (Å²) in [5, 5.41) is 6.50. The van der Waals surface area contributed by atoms with E-state index in [1.807, 2.05) is 36.3 Å². The monoisotopic (exact) mass is 579 g/mol. The molecule has 1 saturated heterocycles. The summed E-state index contributed by atoms with van der Waals surface area (Å²) < 4.78 is 13.4. The lowest BCUT2D eigenvalue weighted by molar-refractivity contribution is 0.0664. The molecule has 0 unspecified atom stereocenters. The van der Waals surface area contributed by atoms with Crippen molar-refractivity contribution in [2.75, 3.05) is 51.0 Å². The molecule has 1 fully saturated rings. The first kappa shape index (κ1) is 28.0. The number of anilines is 2. The number of methoxy groups -OCH3 is 1. The van der Waals surface area contributed by atoms with E-state index in [-0.39, 0.29) is 17.4 Å². The van der Waals surface area contributed by atoms with E-state index in [1.165, 1.54) is 0 Å². The standard InChI is InChI=1S/C33H33N5O5/c1-4-37-20-22(26-19-25(42-3)10-11-28(26)37)17-30-31(39)27-18-24(9-12-29(27)43-30)35-33(41)34-23-7-5-21(6-8-23)32(40)38-15-13-36(2)14-16-38/h5-12,17-20H,4,13-16H2,1-3H3,(H2,34,35,41)/b30-17-. The largest absolute Gasteiger partial charge is 0.497 e. The Morgan fingerprint density at radius 3 is 2.40 bits per heavy atom. The number of carbonyl (C=O) groups excluding carboxylic acids is 3. The van der Waals surface area contributed by atoms with Gasteiger partial charge in [0.25, 0.3) is 5.91 Å². The third kappa shape index (κ3) is 5.69. The van der Waals surface area contributed by atoms with Crippen molar-refractivity contribution in [2.45, 2.75) is 13.5 Å². The van der Waals surface area contributed by atoms with Gasteiger partial charge in [0.1, 0.15) is 11.5 Å². The molecule has 3 amide bonds. The Labute approximate surface area is 249 Å². The number of piperazine rings is 1. The van der Waals surface area contributed by atoms with Crippen LogP contribution in [-0.4, -0.2) is 72.4 Å². The number of rotatable bonds is 6. The lowest BCUT2D eigenvalue weighted by Gasteiger charge is -2.32. The van der Waals surface area contributed by atoms with Crippen molar-refractivity contribution in [3.8, 4) is 11.5 Å². The summed E-state index contributed by atoms with van der Waals surface area (Å²) in [4.78, 5) is 42.8. The maximum absolute atomic E-state index is 13.3. The number of aromatic nitrogens is 1. The molecule has 1 aromatic heterocycles. The van der Waals surface area contributed by atoms with Crippen LogP contribution in [0.3, 0.4) is 0 Å². The molecule has 2 N–H and O–H groups in total. The highest BCUT2D eigenvalue weighted by Crippen LogP contribution is 2.35. The molecular formula is C33H33N5O5. The van der Waals surface area contributed by atoms with Crippen LogP contribution >= 0.6 is 0 Å². The van der Waals surface area contributed by atoms with Crippen LogP contribution in [-0.2, 0) is 6.54 Å². The second-order valence-corrected chi connectivity index (χ2v) is 10.7. The molecule has 0 aliphatic carbocycles. The van der Waals surface area contributed by atoms with Crippen molar-refractivity contribution in [1.82, 2.24) is 14.4 Å². The van der Waals surface area contributed by atoms with Gasteiger partial charge in [0.05, 0.1) is 12.7 Å². The van der Waals surface area contributed by atoms with Crippen LogP contribution in [0, 0.1) is 0 Å². The van der Waals surface area contributed by atoms with E-state index in [0.717, 1.165) is 41.9 Å². The average molecular weight is 580 g/mol. The van der Waals surface area contributed by atoms with Gasteiger partial charge in [-0.25, -0.2) is 4.79 Å². The minimum atomic E-state index is -0.471. The number of nitrogens with one attached hydrogen (secondary N) is 2. The van der Waals surface area contributed by atoms with Crippen LogP contribution in [0.25, 0.3) is 17.0 Å². The molecule has 10 nitrogen and oxygen atoms in total.